The fraction of sp³-hybridized carbons (Fsp3) is 0.462. The van der Waals surface area contributed by atoms with Crippen molar-refractivity contribution in [2.45, 2.75) is 30.2 Å². The van der Waals surface area contributed by atoms with Crippen LogP contribution in [0.15, 0.2) is 29.2 Å². The van der Waals surface area contributed by atoms with E-state index < -0.39 is 16.0 Å². The van der Waals surface area contributed by atoms with Crippen molar-refractivity contribution in [3.8, 4) is 0 Å². The van der Waals surface area contributed by atoms with E-state index in [2.05, 4.69) is 10.0 Å². The second-order valence-electron chi connectivity index (χ2n) is 4.81. The van der Waals surface area contributed by atoms with Gasteiger partial charge < -0.3 is 10.4 Å². The van der Waals surface area contributed by atoms with Crippen LogP contribution in [-0.4, -0.2) is 38.6 Å². The van der Waals surface area contributed by atoms with E-state index in [0.717, 1.165) is 12.6 Å². The third kappa shape index (κ3) is 4.29. The summed E-state index contributed by atoms with van der Waals surface area (Å²) in [6, 6.07) is 5.94. The van der Waals surface area contributed by atoms with E-state index in [9.17, 15) is 13.2 Å². The summed E-state index contributed by atoms with van der Waals surface area (Å²) in [7, 11) is -3.64. The first-order valence-electron chi connectivity index (χ1n) is 6.55. The Morgan fingerprint density at radius 2 is 2.05 bits per heavy atom. The zero-order chi connectivity index (χ0) is 14.6. The van der Waals surface area contributed by atoms with Crippen molar-refractivity contribution in [2.24, 2.45) is 0 Å². The van der Waals surface area contributed by atoms with Crippen LogP contribution in [-0.2, 0) is 10.0 Å². The van der Waals surface area contributed by atoms with E-state index in [1.807, 2.05) is 0 Å². The van der Waals surface area contributed by atoms with Crippen molar-refractivity contribution in [2.75, 3.05) is 13.1 Å². The molecule has 0 amide bonds. The first-order chi connectivity index (χ1) is 9.49. The number of carboxylic acids is 1. The largest absolute Gasteiger partial charge is 0.478 e. The molecule has 0 bridgehead atoms. The molecular weight excluding hydrogens is 280 g/mol. The highest BCUT2D eigenvalue weighted by atomic mass is 32.2. The maximum atomic E-state index is 12.0. The Morgan fingerprint density at radius 1 is 1.30 bits per heavy atom. The Labute approximate surface area is 118 Å². The number of hydrogen-bond donors (Lipinski definition) is 3. The quantitative estimate of drug-likeness (QED) is 0.617. The normalized spacial score (nSPS) is 15.2. The SMILES string of the molecule is O=C(O)c1cccc(S(=O)(=O)NCCCNC2CC2)c1. The summed E-state index contributed by atoms with van der Waals surface area (Å²) in [5, 5.41) is 12.1. The lowest BCUT2D eigenvalue weighted by Crippen LogP contribution is -2.28. The average Bonchev–Trinajstić information content (AvgIpc) is 3.22. The number of rotatable bonds is 8. The Morgan fingerprint density at radius 3 is 2.70 bits per heavy atom. The van der Waals surface area contributed by atoms with Crippen molar-refractivity contribution in [3.63, 3.8) is 0 Å². The van der Waals surface area contributed by atoms with Crippen molar-refractivity contribution >= 4 is 16.0 Å². The van der Waals surface area contributed by atoms with Gasteiger partial charge in [-0.2, -0.15) is 0 Å². The van der Waals surface area contributed by atoms with Crippen LogP contribution in [0.5, 0.6) is 0 Å². The summed E-state index contributed by atoms with van der Waals surface area (Å²) >= 11 is 0. The van der Waals surface area contributed by atoms with Crippen LogP contribution >= 0.6 is 0 Å². The maximum absolute atomic E-state index is 12.0. The molecule has 0 aliphatic heterocycles. The van der Waals surface area contributed by atoms with Gasteiger partial charge in [-0.05, 0) is 44.0 Å². The molecule has 110 valence electrons. The number of hydrogen-bond acceptors (Lipinski definition) is 4. The maximum Gasteiger partial charge on any atom is 0.335 e. The lowest BCUT2D eigenvalue weighted by molar-refractivity contribution is 0.0696. The van der Waals surface area contributed by atoms with Crippen molar-refractivity contribution in [1.29, 1.82) is 0 Å². The number of aromatic carboxylic acids is 1. The van der Waals surface area contributed by atoms with Crippen LogP contribution < -0.4 is 10.0 Å². The molecule has 3 N–H and O–H groups in total. The van der Waals surface area contributed by atoms with E-state index in [1.165, 1.54) is 31.0 Å². The molecule has 1 aliphatic carbocycles. The van der Waals surface area contributed by atoms with E-state index >= 15 is 0 Å². The molecule has 6 nitrogen and oxygen atoms in total. The van der Waals surface area contributed by atoms with Gasteiger partial charge in [-0.1, -0.05) is 6.07 Å². The Bertz CT molecular complexity index is 582. The second kappa shape index (κ2) is 6.34. The molecule has 1 saturated carbocycles. The molecule has 0 atom stereocenters. The third-order valence-electron chi connectivity index (χ3n) is 3.05. The summed E-state index contributed by atoms with van der Waals surface area (Å²) in [6.45, 7) is 1.11. The Kier molecular flexibility index (Phi) is 4.74. The van der Waals surface area contributed by atoms with Gasteiger partial charge in [0, 0.05) is 12.6 Å². The summed E-state index contributed by atoms with van der Waals surface area (Å²) in [6.07, 6.45) is 3.11. The molecule has 1 fully saturated rings. The molecule has 2 rings (SSSR count). The molecule has 0 heterocycles. The number of nitrogens with one attached hydrogen (secondary N) is 2. The summed E-state index contributed by atoms with van der Waals surface area (Å²) in [5.41, 5.74) is -0.0386. The van der Waals surface area contributed by atoms with Gasteiger partial charge in [0.1, 0.15) is 0 Å². The van der Waals surface area contributed by atoms with Crippen molar-refractivity contribution in [1.82, 2.24) is 10.0 Å². The van der Waals surface area contributed by atoms with E-state index in [4.69, 9.17) is 5.11 Å². The van der Waals surface area contributed by atoms with Gasteiger partial charge >= 0.3 is 5.97 Å². The van der Waals surface area contributed by atoms with Gasteiger partial charge in [0.25, 0.3) is 0 Å². The van der Waals surface area contributed by atoms with Gasteiger partial charge in [0.05, 0.1) is 10.5 Å². The van der Waals surface area contributed by atoms with Crippen LogP contribution in [0.4, 0.5) is 0 Å². The number of carbonyl (C=O) groups is 1. The average molecular weight is 298 g/mol. The van der Waals surface area contributed by atoms with Crippen LogP contribution in [0.3, 0.4) is 0 Å². The van der Waals surface area contributed by atoms with E-state index in [0.29, 0.717) is 19.0 Å². The minimum absolute atomic E-state index is 0.0208. The topological polar surface area (TPSA) is 95.5 Å². The van der Waals surface area contributed by atoms with Crippen LogP contribution in [0.25, 0.3) is 0 Å². The standard InChI is InChI=1S/C13H18N2O4S/c16-13(17)10-3-1-4-12(9-10)20(18,19)15-8-2-7-14-11-5-6-11/h1,3-4,9,11,14-15H,2,5-8H2,(H,16,17). The highest BCUT2D eigenvalue weighted by molar-refractivity contribution is 7.89. The molecule has 0 aromatic heterocycles. The predicted octanol–water partition coefficient (Wildman–Crippen LogP) is 0.805. The molecule has 0 unspecified atom stereocenters. The smallest absolute Gasteiger partial charge is 0.335 e. The van der Waals surface area contributed by atoms with Gasteiger partial charge in [-0.15, -0.1) is 0 Å². The predicted molar refractivity (Wildman–Crippen MR) is 74.2 cm³/mol. The molecule has 20 heavy (non-hydrogen) atoms. The highest BCUT2D eigenvalue weighted by Crippen LogP contribution is 2.18. The lowest BCUT2D eigenvalue weighted by Gasteiger charge is -2.07. The summed E-state index contributed by atoms with van der Waals surface area (Å²) < 4.78 is 26.5. The van der Waals surface area contributed by atoms with Crippen LogP contribution in [0.1, 0.15) is 29.6 Å². The molecular formula is C13H18N2O4S. The first-order valence-corrected chi connectivity index (χ1v) is 8.04. The molecule has 1 aliphatic rings. The Hall–Kier alpha value is -1.44. The Balaban J connectivity index is 1.88. The van der Waals surface area contributed by atoms with Crippen molar-refractivity contribution < 1.29 is 18.3 Å². The molecule has 0 spiro atoms. The third-order valence-corrected chi connectivity index (χ3v) is 4.51. The van der Waals surface area contributed by atoms with E-state index in [1.54, 1.807) is 0 Å². The number of carboxylic acid groups (broad SMARTS) is 1. The fourth-order valence-electron chi connectivity index (χ4n) is 1.77. The zero-order valence-electron chi connectivity index (χ0n) is 11.0. The van der Waals surface area contributed by atoms with E-state index in [-0.39, 0.29) is 10.5 Å². The molecule has 1 aromatic rings. The number of sulfonamides is 1. The summed E-state index contributed by atoms with van der Waals surface area (Å²) in [4.78, 5) is 10.8. The van der Waals surface area contributed by atoms with Crippen LogP contribution in [0.2, 0.25) is 0 Å². The van der Waals surface area contributed by atoms with Crippen molar-refractivity contribution in [3.05, 3.63) is 29.8 Å². The fourth-order valence-corrected chi connectivity index (χ4v) is 2.89. The minimum atomic E-state index is -3.64. The number of benzene rings is 1. The summed E-state index contributed by atoms with van der Waals surface area (Å²) in [5.74, 6) is -1.14. The highest BCUT2D eigenvalue weighted by Gasteiger charge is 2.20. The molecule has 0 radical (unpaired) electrons. The van der Waals surface area contributed by atoms with Gasteiger partial charge in [-0.3, -0.25) is 0 Å². The van der Waals surface area contributed by atoms with Gasteiger partial charge in [0.15, 0.2) is 0 Å². The second-order valence-corrected chi connectivity index (χ2v) is 6.58. The van der Waals surface area contributed by atoms with Gasteiger partial charge in [-0.25, -0.2) is 17.9 Å². The molecule has 0 saturated heterocycles. The first kappa shape index (κ1) is 15.0. The lowest BCUT2D eigenvalue weighted by atomic mass is 10.2. The monoisotopic (exact) mass is 298 g/mol. The molecule has 7 heteroatoms. The zero-order valence-corrected chi connectivity index (χ0v) is 11.8. The minimum Gasteiger partial charge on any atom is -0.478 e. The van der Waals surface area contributed by atoms with Crippen LogP contribution in [0, 0.1) is 0 Å². The molecule has 1 aromatic carbocycles. The van der Waals surface area contributed by atoms with Gasteiger partial charge in [0.2, 0.25) is 10.0 Å².